The van der Waals surface area contributed by atoms with Crippen molar-refractivity contribution in [3.8, 4) is 0 Å². The van der Waals surface area contributed by atoms with Gasteiger partial charge in [-0.25, -0.2) is 0 Å². The molecule has 4 N–H and O–H groups in total. The van der Waals surface area contributed by atoms with Crippen LogP contribution >= 0.6 is 11.6 Å². The fraction of sp³-hybridized carbons (Fsp3) is 0.682. The van der Waals surface area contributed by atoms with Crippen molar-refractivity contribution in [1.82, 2.24) is 10.6 Å². The summed E-state index contributed by atoms with van der Waals surface area (Å²) in [5.74, 6) is 2.60. The zero-order valence-electron chi connectivity index (χ0n) is 16.5. The van der Waals surface area contributed by atoms with E-state index < -0.39 is 0 Å². The molecule has 0 saturated heterocycles. The monoisotopic (exact) mass is 405 g/mol. The first-order valence-electron chi connectivity index (χ1n) is 10.7. The predicted octanol–water partition coefficient (Wildman–Crippen LogP) is 3.28. The molecule has 4 bridgehead atoms. The van der Waals surface area contributed by atoms with Gasteiger partial charge in [0, 0.05) is 31.9 Å². The van der Waals surface area contributed by atoms with Crippen molar-refractivity contribution in [1.29, 1.82) is 0 Å². The van der Waals surface area contributed by atoms with E-state index in [-0.39, 0.29) is 12.5 Å². The van der Waals surface area contributed by atoms with Gasteiger partial charge in [0.25, 0.3) is 5.91 Å². The maximum atomic E-state index is 12.9. The Kier molecular flexibility index (Phi) is 6.14. The van der Waals surface area contributed by atoms with Gasteiger partial charge in [-0.15, -0.1) is 0 Å². The normalized spacial score (nSPS) is 30.4. The number of aliphatic hydroxyl groups excluding tert-OH is 1. The lowest BCUT2D eigenvalue weighted by Gasteiger charge is -2.56. The molecule has 4 aliphatic carbocycles. The lowest BCUT2D eigenvalue weighted by molar-refractivity contribution is -0.0503. The molecule has 4 aliphatic rings. The van der Waals surface area contributed by atoms with E-state index in [1.54, 1.807) is 6.07 Å². The number of hydrogen-bond acceptors (Lipinski definition) is 4. The quantitative estimate of drug-likeness (QED) is 0.476. The smallest absolute Gasteiger partial charge is 0.252 e. The summed E-state index contributed by atoms with van der Waals surface area (Å²) in [6.07, 6.45) is 8.11. The number of benzene rings is 1. The molecule has 28 heavy (non-hydrogen) atoms. The molecule has 0 spiro atoms. The molecule has 0 radical (unpaired) electrons. The summed E-state index contributed by atoms with van der Waals surface area (Å²) in [5, 5.41) is 18.9. The Morgan fingerprint density at radius 1 is 1.07 bits per heavy atom. The maximum Gasteiger partial charge on any atom is 0.252 e. The Hall–Kier alpha value is -1.30. The van der Waals surface area contributed by atoms with E-state index in [4.69, 9.17) is 16.7 Å². The molecule has 1 amide bonds. The summed E-state index contributed by atoms with van der Waals surface area (Å²) in [6, 6.07) is 5.51. The van der Waals surface area contributed by atoms with Gasteiger partial charge in [0.1, 0.15) is 0 Å². The fourth-order valence-electron chi connectivity index (χ4n) is 6.18. The van der Waals surface area contributed by atoms with E-state index in [0.717, 1.165) is 43.1 Å². The number of halogens is 1. The highest BCUT2D eigenvalue weighted by Gasteiger charge is 2.50. The van der Waals surface area contributed by atoms with Crippen LogP contribution in [0.25, 0.3) is 0 Å². The first kappa shape index (κ1) is 20.0. The summed E-state index contributed by atoms with van der Waals surface area (Å²) in [6.45, 7) is 2.97. The second-order valence-corrected chi connectivity index (χ2v) is 9.60. The number of carbonyl (C=O) groups excluding carboxylic acids is 1. The van der Waals surface area contributed by atoms with E-state index in [1.165, 1.54) is 38.5 Å². The van der Waals surface area contributed by atoms with Gasteiger partial charge in [-0.05, 0) is 79.9 Å². The molecule has 154 valence electrons. The average Bonchev–Trinajstić information content (AvgIpc) is 2.66. The van der Waals surface area contributed by atoms with Crippen molar-refractivity contribution >= 4 is 23.2 Å². The molecule has 0 atom stereocenters. The molecule has 4 saturated carbocycles. The second-order valence-electron chi connectivity index (χ2n) is 9.20. The average molecular weight is 406 g/mol. The molecule has 1 aromatic rings. The second kappa shape index (κ2) is 8.60. The molecular weight excluding hydrogens is 374 g/mol. The molecule has 6 heteroatoms. The Labute approximate surface area is 172 Å². The largest absolute Gasteiger partial charge is 0.395 e. The van der Waals surface area contributed by atoms with Crippen molar-refractivity contribution < 1.29 is 9.90 Å². The van der Waals surface area contributed by atoms with Gasteiger partial charge in [-0.1, -0.05) is 11.6 Å². The lowest BCUT2D eigenvalue weighted by atomic mass is 9.49. The molecule has 0 aliphatic heterocycles. The topological polar surface area (TPSA) is 73.4 Å². The van der Waals surface area contributed by atoms with Gasteiger partial charge in [0.05, 0.1) is 17.2 Å². The molecule has 1 aromatic carbocycles. The van der Waals surface area contributed by atoms with Crippen LogP contribution in [0.4, 0.5) is 5.69 Å². The number of hydrogen-bond donors (Lipinski definition) is 4. The number of amides is 1. The summed E-state index contributed by atoms with van der Waals surface area (Å²) in [5.41, 5.74) is 1.75. The summed E-state index contributed by atoms with van der Waals surface area (Å²) in [4.78, 5) is 12.9. The molecule has 0 unspecified atom stereocenters. The fourth-order valence-corrected chi connectivity index (χ4v) is 6.38. The highest BCUT2D eigenvalue weighted by atomic mass is 35.5. The maximum absolute atomic E-state index is 12.9. The van der Waals surface area contributed by atoms with Crippen LogP contribution in [0.2, 0.25) is 5.02 Å². The Morgan fingerprint density at radius 3 is 2.39 bits per heavy atom. The number of nitrogens with one attached hydrogen (secondary N) is 3. The number of anilines is 1. The van der Waals surface area contributed by atoms with Crippen LogP contribution in [0.3, 0.4) is 0 Å². The van der Waals surface area contributed by atoms with Crippen LogP contribution in [0.5, 0.6) is 0 Å². The first-order valence-corrected chi connectivity index (χ1v) is 11.1. The van der Waals surface area contributed by atoms with E-state index in [0.29, 0.717) is 22.5 Å². The third-order valence-corrected chi connectivity index (χ3v) is 7.25. The molecule has 0 aromatic heterocycles. The third-order valence-electron chi connectivity index (χ3n) is 6.92. The molecule has 5 nitrogen and oxygen atoms in total. The van der Waals surface area contributed by atoms with Crippen LogP contribution < -0.4 is 16.0 Å². The van der Waals surface area contributed by atoms with Crippen LogP contribution in [-0.4, -0.2) is 43.8 Å². The van der Waals surface area contributed by atoms with Crippen molar-refractivity contribution in [3.05, 3.63) is 28.8 Å². The van der Waals surface area contributed by atoms with Crippen LogP contribution in [0.15, 0.2) is 18.2 Å². The highest BCUT2D eigenvalue weighted by Crippen LogP contribution is 2.59. The van der Waals surface area contributed by atoms with Crippen molar-refractivity contribution in [2.75, 3.05) is 38.1 Å². The van der Waals surface area contributed by atoms with Gasteiger partial charge in [0.2, 0.25) is 0 Å². The lowest BCUT2D eigenvalue weighted by Crippen LogP contribution is -2.51. The van der Waals surface area contributed by atoms with Gasteiger partial charge in [-0.3, -0.25) is 4.79 Å². The summed E-state index contributed by atoms with van der Waals surface area (Å²) in [7, 11) is 0. The first-order chi connectivity index (χ1) is 13.6. The Morgan fingerprint density at radius 2 is 1.75 bits per heavy atom. The zero-order valence-corrected chi connectivity index (χ0v) is 17.2. The van der Waals surface area contributed by atoms with E-state index in [1.807, 2.05) is 12.1 Å². The molecule has 0 heterocycles. The minimum absolute atomic E-state index is 0.0669. The number of aliphatic hydroxyl groups is 1. The SMILES string of the molecule is O=C(NCC12CC3CC(CC(C3)C1)C2)c1cc(NCCNCCO)ccc1Cl. The van der Waals surface area contributed by atoms with E-state index >= 15 is 0 Å². The summed E-state index contributed by atoms with van der Waals surface area (Å²) >= 11 is 6.32. The minimum atomic E-state index is -0.0669. The Bertz CT molecular complexity index is 674. The van der Waals surface area contributed by atoms with E-state index in [9.17, 15) is 4.79 Å². The highest BCUT2D eigenvalue weighted by molar-refractivity contribution is 6.34. The van der Waals surface area contributed by atoms with E-state index in [2.05, 4.69) is 16.0 Å². The number of carbonyl (C=O) groups is 1. The molecular formula is C22H32ClN3O2. The predicted molar refractivity (Wildman–Crippen MR) is 113 cm³/mol. The molecule has 4 fully saturated rings. The molecule has 5 rings (SSSR count). The van der Waals surface area contributed by atoms with Crippen molar-refractivity contribution in [3.63, 3.8) is 0 Å². The minimum Gasteiger partial charge on any atom is -0.395 e. The Balaban J connectivity index is 1.33. The van der Waals surface area contributed by atoms with Gasteiger partial charge in [-0.2, -0.15) is 0 Å². The summed E-state index contributed by atoms with van der Waals surface area (Å²) < 4.78 is 0. The van der Waals surface area contributed by atoms with Crippen molar-refractivity contribution in [2.24, 2.45) is 23.2 Å². The standard InChI is InChI=1S/C22H32ClN3O2/c23-20-2-1-18(25-4-3-24-5-6-27)10-19(20)21(28)26-14-22-11-15-7-16(12-22)9-17(8-15)13-22/h1-2,10,15-17,24-25,27H,3-9,11-14H2,(H,26,28). The van der Waals surface area contributed by atoms with Crippen LogP contribution in [0.1, 0.15) is 48.9 Å². The van der Waals surface area contributed by atoms with Gasteiger partial charge < -0.3 is 21.1 Å². The van der Waals surface area contributed by atoms with Gasteiger partial charge >= 0.3 is 0 Å². The third kappa shape index (κ3) is 4.47. The zero-order chi connectivity index (χ0) is 19.6. The van der Waals surface area contributed by atoms with Crippen LogP contribution in [-0.2, 0) is 0 Å². The number of rotatable bonds is 9. The van der Waals surface area contributed by atoms with Crippen LogP contribution in [0, 0.1) is 23.2 Å². The van der Waals surface area contributed by atoms with Gasteiger partial charge in [0.15, 0.2) is 0 Å². The van der Waals surface area contributed by atoms with Crippen molar-refractivity contribution in [2.45, 2.75) is 38.5 Å².